The van der Waals surface area contributed by atoms with Crippen molar-refractivity contribution in [3.8, 4) is 0 Å². The van der Waals surface area contributed by atoms with E-state index < -0.39 is 11.5 Å². The molecule has 5 fully saturated rings. The highest BCUT2D eigenvalue weighted by atomic mass is 16.3. The van der Waals surface area contributed by atoms with Crippen molar-refractivity contribution in [2.45, 2.75) is 112 Å². The van der Waals surface area contributed by atoms with Gasteiger partial charge in [0.2, 0.25) is 0 Å². The Morgan fingerprint density at radius 1 is 0.844 bits per heavy atom. The van der Waals surface area contributed by atoms with E-state index in [-0.39, 0.29) is 5.41 Å². The topological polar surface area (TPSA) is 37.3 Å². The number of aliphatic hydroxyl groups is 1. The lowest BCUT2D eigenvalue weighted by molar-refractivity contribution is -0.244. The van der Waals surface area contributed by atoms with Gasteiger partial charge in [-0.25, -0.2) is 0 Å². The lowest BCUT2D eigenvalue weighted by atomic mass is 9.32. The van der Waals surface area contributed by atoms with Crippen molar-refractivity contribution in [3.05, 3.63) is 12.2 Å². The van der Waals surface area contributed by atoms with Gasteiger partial charge in [0.25, 0.3) is 0 Å². The van der Waals surface area contributed by atoms with E-state index in [9.17, 15) is 9.90 Å². The van der Waals surface area contributed by atoms with E-state index in [4.69, 9.17) is 0 Å². The second-order valence-corrected chi connectivity index (χ2v) is 14.4. The molecule has 0 aliphatic heterocycles. The predicted molar refractivity (Wildman–Crippen MR) is 131 cm³/mol. The monoisotopic (exact) mass is 440 g/mol. The molecule has 2 nitrogen and oxygen atoms in total. The predicted octanol–water partition coefficient (Wildman–Crippen LogP) is 7.20. The molecule has 180 valence electrons. The van der Waals surface area contributed by atoms with Crippen molar-refractivity contribution in [1.29, 1.82) is 0 Å². The van der Waals surface area contributed by atoms with Crippen LogP contribution in [0.1, 0.15) is 106 Å². The van der Waals surface area contributed by atoms with E-state index in [1.54, 1.807) is 0 Å². The first-order valence-corrected chi connectivity index (χ1v) is 13.7. The third-order valence-electron chi connectivity index (χ3n) is 13.4. The van der Waals surface area contributed by atoms with Crippen molar-refractivity contribution >= 4 is 6.29 Å². The minimum atomic E-state index is -0.576. The maximum atomic E-state index is 12.3. The Hall–Kier alpha value is -0.630. The summed E-state index contributed by atoms with van der Waals surface area (Å²) in [5.41, 5.74) is 2.22. The summed E-state index contributed by atoms with van der Waals surface area (Å²) < 4.78 is 0. The van der Waals surface area contributed by atoms with Crippen molar-refractivity contribution in [2.24, 2.45) is 56.7 Å². The van der Waals surface area contributed by atoms with E-state index in [1.165, 1.54) is 50.5 Å². The van der Waals surface area contributed by atoms with Crippen LogP contribution in [0.3, 0.4) is 0 Å². The van der Waals surface area contributed by atoms with E-state index in [1.807, 2.05) is 0 Å². The fraction of sp³-hybridized carbons (Fsp3) is 0.900. The first-order valence-electron chi connectivity index (χ1n) is 13.7. The first kappa shape index (κ1) is 23.1. The third kappa shape index (κ3) is 2.60. The van der Waals surface area contributed by atoms with E-state index in [0.717, 1.165) is 37.4 Å². The number of aldehydes is 1. The Labute approximate surface area is 197 Å². The average molecular weight is 441 g/mol. The minimum Gasteiger partial charge on any atom is -0.392 e. The molecule has 32 heavy (non-hydrogen) atoms. The van der Waals surface area contributed by atoms with Crippen LogP contribution < -0.4 is 0 Å². The zero-order valence-electron chi connectivity index (χ0n) is 21.7. The molecule has 0 unspecified atom stereocenters. The van der Waals surface area contributed by atoms with Crippen molar-refractivity contribution in [2.75, 3.05) is 0 Å². The average Bonchev–Trinajstić information content (AvgIpc) is 3.09. The summed E-state index contributed by atoms with van der Waals surface area (Å²) in [6, 6.07) is 0. The van der Waals surface area contributed by atoms with Crippen LogP contribution in [-0.2, 0) is 4.79 Å². The van der Waals surface area contributed by atoms with Gasteiger partial charge >= 0.3 is 0 Å². The van der Waals surface area contributed by atoms with Crippen LogP contribution in [0.2, 0.25) is 0 Å². The van der Waals surface area contributed by atoms with Crippen LogP contribution in [-0.4, -0.2) is 17.5 Å². The highest BCUT2D eigenvalue weighted by Gasteiger charge is 2.70. The van der Waals surface area contributed by atoms with Crippen LogP contribution in [0.15, 0.2) is 12.2 Å². The Balaban J connectivity index is 1.55. The molecule has 0 radical (unpaired) electrons. The van der Waals surface area contributed by atoms with Crippen LogP contribution >= 0.6 is 0 Å². The molecular weight excluding hydrogens is 392 g/mol. The fourth-order valence-electron chi connectivity index (χ4n) is 11.4. The van der Waals surface area contributed by atoms with Gasteiger partial charge in [0, 0.05) is 0 Å². The molecule has 0 saturated heterocycles. The van der Waals surface area contributed by atoms with Gasteiger partial charge in [-0.15, -0.1) is 0 Å². The highest BCUT2D eigenvalue weighted by molar-refractivity contribution is 5.61. The standard InChI is InChI=1S/C30H48O2/c1-19(2)20-10-13-26(3)16-17-29(6)21(25(20)26)8-9-23-27(4)14-12-24(32)28(5,18-31)22(27)11-15-30(23,29)7/h18,20-25,32H,1,8-17H2,2-7H3/t20-,21+,22+,23+,24-,25+,26+,27-,28+,29+,30+/m0/s1. The number of carbonyl (C=O) groups excluding carboxylic acids is 1. The van der Waals surface area contributed by atoms with Gasteiger partial charge in [0.15, 0.2) is 0 Å². The summed E-state index contributed by atoms with van der Waals surface area (Å²) >= 11 is 0. The fourth-order valence-corrected chi connectivity index (χ4v) is 11.4. The molecule has 5 saturated carbocycles. The molecule has 0 heterocycles. The molecule has 5 aliphatic carbocycles. The molecule has 0 bridgehead atoms. The van der Waals surface area contributed by atoms with Gasteiger partial charge in [0.05, 0.1) is 11.5 Å². The maximum absolute atomic E-state index is 12.3. The SMILES string of the molecule is C=C(C)[C@@H]1CC[C@]2(C)CC[C@]3(C)[C@H](CC[C@@H]4[C@@]5(C)CC[C@H](O)[C@](C)(C=O)[C@@H]5CC[C@]43C)[C@@H]12. The number of hydrogen-bond acceptors (Lipinski definition) is 2. The number of rotatable bonds is 2. The molecule has 0 aromatic heterocycles. The molecule has 0 amide bonds. The lowest BCUT2D eigenvalue weighted by Crippen LogP contribution is -2.67. The minimum absolute atomic E-state index is 0.167. The summed E-state index contributed by atoms with van der Waals surface area (Å²) in [7, 11) is 0. The molecule has 2 heteroatoms. The molecule has 11 atom stereocenters. The van der Waals surface area contributed by atoms with Crippen molar-refractivity contribution in [3.63, 3.8) is 0 Å². The number of fused-ring (bicyclic) bond motifs is 7. The molecule has 5 rings (SSSR count). The van der Waals surface area contributed by atoms with E-state index in [2.05, 4.69) is 48.1 Å². The van der Waals surface area contributed by atoms with Gasteiger partial charge in [-0.1, -0.05) is 46.8 Å². The van der Waals surface area contributed by atoms with Gasteiger partial charge in [0.1, 0.15) is 6.29 Å². The van der Waals surface area contributed by atoms with Crippen LogP contribution in [0.4, 0.5) is 0 Å². The van der Waals surface area contributed by atoms with Crippen LogP contribution in [0.5, 0.6) is 0 Å². The number of allylic oxidation sites excluding steroid dienone is 1. The van der Waals surface area contributed by atoms with Crippen LogP contribution in [0, 0.1) is 56.7 Å². The van der Waals surface area contributed by atoms with E-state index >= 15 is 0 Å². The van der Waals surface area contributed by atoms with Gasteiger partial charge < -0.3 is 9.90 Å². The summed E-state index contributed by atoms with van der Waals surface area (Å²) in [4.78, 5) is 12.3. The smallest absolute Gasteiger partial charge is 0.128 e. The summed E-state index contributed by atoms with van der Waals surface area (Å²) in [5.74, 6) is 3.29. The van der Waals surface area contributed by atoms with Gasteiger partial charge in [-0.05, 0) is 122 Å². The Kier molecular flexibility index (Phi) is 5.03. The lowest BCUT2D eigenvalue weighted by Gasteiger charge is -2.72. The molecular formula is C30H48O2. The second kappa shape index (κ2) is 6.96. The largest absolute Gasteiger partial charge is 0.392 e. The second-order valence-electron chi connectivity index (χ2n) is 14.4. The summed E-state index contributed by atoms with van der Waals surface area (Å²) in [6.07, 6.45) is 13.0. The number of hydrogen-bond donors (Lipinski definition) is 1. The number of carbonyl (C=O) groups is 1. The molecule has 0 aromatic carbocycles. The Bertz CT molecular complexity index is 818. The summed E-state index contributed by atoms with van der Waals surface area (Å²) in [5, 5.41) is 10.9. The van der Waals surface area contributed by atoms with Gasteiger partial charge in [-0.3, -0.25) is 0 Å². The molecule has 0 aromatic rings. The van der Waals surface area contributed by atoms with E-state index in [0.29, 0.717) is 34.0 Å². The Morgan fingerprint density at radius 2 is 1.56 bits per heavy atom. The molecule has 0 spiro atoms. The normalized spacial score (nSPS) is 59.3. The zero-order chi connectivity index (χ0) is 23.3. The molecule has 5 aliphatic rings. The van der Waals surface area contributed by atoms with Gasteiger partial charge in [-0.2, -0.15) is 0 Å². The Morgan fingerprint density at radius 3 is 2.22 bits per heavy atom. The quantitative estimate of drug-likeness (QED) is 0.364. The van der Waals surface area contributed by atoms with Crippen molar-refractivity contribution < 1.29 is 9.90 Å². The maximum Gasteiger partial charge on any atom is 0.128 e. The number of aliphatic hydroxyl groups excluding tert-OH is 1. The first-order chi connectivity index (χ1) is 14.9. The summed E-state index contributed by atoms with van der Waals surface area (Å²) in [6.45, 7) is 19.3. The molecule has 1 N–H and O–H groups in total. The third-order valence-corrected chi connectivity index (χ3v) is 13.4. The van der Waals surface area contributed by atoms with Crippen LogP contribution in [0.25, 0.3) is 0 Å². The van der Waals surface area contributed by atoms with Crippen molar-refractivity contribution in [1.82, 2.24) is 0 Å². The zero-order valence-corrected chi connectivity index (χ0v) is 21.7. The highest BCUT2D eigenvalue weighted by Crippen LogP contribution is 2.77.